The van der Waals surface area contributed by atoms with Crippen molar-refractivity contribution in [2.24, 2.45) is 4.99 Å². The number of nitrogens with zero attached hydrogens (tertiary/aromatic N) is 3. The third kappa shape index (κ3) is 7.90. The van der Waals surface area contributed by atoms with Crippen LogP contribution in [-0.2, 0) is 27.5 Å². The van der Waals surface area contributed by atoms with E-state index in [1.165, 1.54) is 16.4 Å². The molecule has 1 aliphatic heterocycles. The molecule has 1 aliphatic rings. The van der Waals surface area contributed by atoms with Gasteiger partial charge < -0.3 is 15.0 Å². The predicted octanol–water partition coefficient (Wildman–Crippen LogP) is 1.99. The average molecular weight is 550 g/mol. The zero-order valence-electron chi connectivity index (χ0n) is 16.3. The summed E-state index contributed by atoms with van der Waals surface area (Å²) in [6, 6.07) is 4.90. The van der Waals surface area contributed by atoms with Crippen molar-refractivity contribution in [1.82, 2.24) is 14.5 Å². The summed E-state index contributed by atoms with van der Waals surface area (Å²) >= 11 is 0. The van der Waals surface area contributed by atoms with E-state index in [2.05, 4.69) is 10.3 Å². The Hall–Kier alpha value is -1.12. The summed E-state index contributed by atoms with van der Waals surface area (Å²) in [5.41, 5.74) is -0.0193. The van der Waals surface area contributed by atoms with Crippen molar-refractivity contribution in [2.45, 2.75) is 12.7 Å². The van der Waals surface area contributed by atoms with Crippen LogP contribution < -0.4 is 5.32 Å². The maximum Gasteiger partial charge on any atom is 0.416 e. The standard InChI is InChI=1S/C17H25F3N4O3S.HI/c1-21-16(22-7-12-28(25,26)24-8-10-27-11-9-24)23(2)13-14-3-5-15(6-4-14)17(18,19)20;/h3-6H,7-13H2,1-2H3,(H,21,22);1H. The van der Waals surface area contributed by atoms with E-state index in [4.69, 9.17) is 4.74 Å². The Morgan fingerprint density at radius 1 is 1.24 bits per heavy atom. The second kappa shape index (κ2) is 11.3. The lowest BCUT2D eigenvalue weighted by Gasteiger charge is -2.27. The van der Waals surface area contributed by atoms with Crippen molar-refractivity contribution in [3.8, 4) is 0 Å². The first-order valence-corrected chi connectivity index (χ1v) is 10.4. The summed E-state index contributed by atoms with van der Waals surface area (Å²) in [7, 11) is -0.0965. The minimum Gasteiger partial charge on any atom is -0.379 e. The number of hydrogen-bond acceptors (Lipinski definition) is 4. The molecule has 1 N–H and O–H groups in total. The molecule has 2 rings (SSSR count). The van der Waals surface area contributed by atoms with Crippen LogP contribution in [0.1, 0.15) is 11.1 Å². The Bertz CT molecular complexity index is 767. The molecule has 0 spiro atoms. The molecule has 0 radical (unpaired) electrons. The zero-order valence-corrected chi connectivity index (χ0v) is 19.4. The third-order valence-electron chi connectivity index (χ3n) is 4.28. The van der Waals surface area contributed by atoms with Crippen molar-refractivity contribution in [2.75, 3.05) is 52.7 Å². The summed E-state index contributed by atoms with van der Waals surface area (Å²) in [6.45, 7) is 1.99. The molecule has 1 aromatic rings. The lowest BCUT2D eigenvalue weighted by atomic mass is 10.1. The highest BCUT2D eigenvalue weighted by molar-refractivity contribution is 14.0. The molecule has 0 saturated carbocycles. The average Bonchev–Trinajstić information content (AvgIpc) is 2.65. The highest BCUT2D eigenvalue weighted by Crippen LogP contribution is 2.29. The molecule has 1 aromatic carbocycles. The predicted molar refractivity (Wildman–Crippen MR) is 116 cm³/mol. The molecule has 1 heterocycles. The van der Waals surface area contributed by atoms with Crippen LogP contribution in [0.25, 0.3) is 0 Å². The quantitative estimate of drug-likeness (QED) is 0.334. The molecule has 0 aliphatic carbocycles. The van der Waals surface area contributed by atoms with E-state index in [1.54, 1.807) is 19.0 Å². The van der Waals surface area contributed by atoms with E-state index in [-0.39, 0.29) is 36.3 Å². The van der Waals surface area contributed by atoms with Gasteiger partial charge in [0.2, 0.25) is 10.0 Å². The Kier molecular flexibility index (Phi) is 10.1. The van der Waals surface area contributed by atoms with Gasteiger partial charge in [0, 0.05) is 40.3 Å². The Balaban J connectivity index is 0.00000420. The van der Waals surface area contributed by atoms with E-state index in [1.807, 2.05) is 0 Å². The smallest absolute Gasteiger partial charge is 0.379 e. The van der Waals surface area contributed by atoms with Crippen molar-refractivity contribution < 1.29 is 26.3 Å². The molecule has 7 nitrogen and oxygen atoms in total. The van der Waals surface area contributed by atoms with Crippen LogP contribution in [0.2, 0.25) is 0 Å². The minimum absolute atomic E-state index is 0. The van der Waals surface area contributed by atoms with Crippen LogP contribution in [0, 0.1) is 0 Å². The number of ether oxygens (including phenoxy) is 1. The number of aliphatic imine (C=N–C) groups is 1. The molecular weight excluding hydrogens is 524 g/mol. The highest BCUT2D eigenvalue weighted by Gasteiger charge is 2.30. The number of morpholine rings is 1. The molecule has 0 amide bonds. The van der Waals surface area contributed by atoms with Gasteiger partial charge in [0.05, 0.1) is 24.5 Å². The van der Waals surface area contributed by atoms with Crippen LogP contribution in [0.3, 0.4) is 0 Å². The molecule has 1 fully saturated rings. The maximum absolute atomic E-state index is 12.6. The van der Waals surface area contributed by atoms with Crippen LogP contribution in [0.4, 0.5) is 13.2 Å². The van der Waals surface area contributed by atoms with Gasteiger partial charge in [-0.25, -0.2) is 8.42 Å². The first-order chi connectivity index (χ1) is 13.1. The SMILES string of the molecule is CN=C(NCCS(=O)(=O)N1CCOCC1)N(C)Cc1ccc(C(F)(F)F)cc1.I. The second-order valence-electron chi connectivity index (χ2n) is 6.35. The van der Waals surface area contributed by atoms with E-state index in [0.29, 0.717) is 44.4 Å². The first-order valence-electron chi connectivity index (χ1n) is 8.77. The van der Waals surface area contributed by atoms with Gasteiger partial charge >= 0.3 is 6.18 Å². The van der Waals surface area contributed by atoms with Crippen LogP contribution in [0.15, 0.2) is 29.3 Å². The lowest BCUT2D eigenvalue weighted by Crippen LogP contribution is -2.45. The number of rotatable bonds is 6. The minimum atomic E-state index is -4.37. The summed E-state index contributed by atoms with van der Waals surface area (Å²) in [5, 5.41) is 2.98. The number of alkyl halides is 3. The number of guanidine groups is 1. The van der Waals surface area contributed by atoms with Crippen molar-refractivity contribution >= 4 is 40.0 Å². The van der Waals surface area contributed by atoms with Crippen molar-refractivity contribution in [3.63, 3.8) is 0 Å². The fraction of sp³-hybridized carbons (Fsp3) is 0.588. The topological polar surface area (TPSA) is 74.2 Å². The summed E-state index contributed by atoms with van der Waals surface area (Å²) in [5.74, 6) is 0.372. The van der Waals surface area contributed by atoms with Crippen molar-refractivity contribution in [3.05, 3.63) is 35.4 Å². The fourth-order valence-electron chi connectivity index (χ4n) is 2.78. The molecule has 29 heavy (non-hydrogen) atoms. The molecular formula is C17H26F3IN4O3S. The highest BCUT2D eigenvalue weighted by atomic mass is 127. The Labute approximate surface area is 186 Å². The lowest BCUT2D eigenvalue weighted by molar-refractivity contribution is -0.137. The summed E-state index contributed by atoms with van der Waals surface area (Å²) in [4.78, 5) is 5.81. The summed E-state index contributed by atoms with van der Waals surface area (Å²) < 4.78 is 69.1. The van der Waals surface area contributed by atoms with Gasteiger partial charge in [-0.2, -0.15) is 17.5 Å². The second-order valence-corrected chi connectivity index (χ2v) is 8.44. The number of hydrogen-bond donors (Lipinski definition) is 1. The van der Waals surface area contributed by atoms with Gasteiger partial charge in [-0.1, -0.05) is 12.1 Å². The molecule has 12 heteroatoms. The summed E-state index contributed by atoms with van der Waals surface area (Å²) in [6.07, 6.45) is -4.37. The van der Waals surface area contributed by atoms with E-state index >= 15 is 0 Å². The monoisotopic (exact) mass is 550 g/mol. The first kappa shape index (κ1) is 25.9. The molecule has 0 aromatic heterocycles. The molecule has 0 atom stereocenters. The van der Waals surface area contributed by atoms with Crippen LogP contribution >= 0.6 is 24.0 Å². The van der Waals surface area contributed by atoms with E-state index in [0.717, 1.165) is 12.1 Å². The van der Waals surface area contributed by atoms with Gasteiger partial charge in [-0.15, -0.1) is 24.0 Å². The number of benzene rings is 1. The number of nitrogens with one attached hydrogen (secondary N) is 1. The number of halogens is 4. The maximum atomic E-state index is 12.6. The van der Waals surface area contributed by atoms with Gasteiger partial charge in [-0.05, 0) is 17.7 Å². The van der Waals surface area contributed by atoms with Gasteiger partial charge in [-0.3, -0.25) is 4.99 Å². The fourth-order valence-corrected chi connectivity index (χ4v) is 4.10. The van der Waals surface area contributed by atoms with Crippen LogP contribution in [-0.4, -0.2) is 76.3 Å². The molecule has 1 saturated heterocycles. The Morgan fingerprint density at radius 3 is 2.34 bits per heavy atom. The van der Waals surface area contributed by atoms with Gasteiger partial charge in [0.25, 0.3) is 0 Å². The van der Waals surface area contributed by atoms with Crippen molar-refractivity contribution in [1.29, 1.82) is 0 Å². The number of sulfonamides is 1. The largest absolute Gasteiger partial charge is 0.416 e. The molecule has 0 bridgehead atoms. The Morgan fingerprint density at radius 2 is 1.83 bits per heavy atom. The van der Waals surface area contributed by atoms with E-state index in [9.17, 15) is 21.6 Å². The van der Waals surface area contributed by atoms with E-state index < -0.39 is 21.8 Å². The van der Waals surface area contributed by atoms with Crippen LogP contribution in [0.5, 0.6) is 0 Å². The molecule has 166 valence electrons. The third-order valence-corrected chi connectivity index (χ3v) is 6.15. The molecule has 0 unspecified atom stereocenters. The van der Waals surface area contributed by atoms with Gasteiger partial charge in [0.15, 0.2) is 5.96 Å². The zero-order chi connectivity index (χ0) is 20.8. The van der Waals surface area contributed by atoms with Gasteiger partial charge in [0.1, 0.15) is 0 Å². The normalized spacial score (nSPS) is 16.2.